The molecule has 0 saturated heterocycles. The summed E-state index contributed by atoms with van der Waals surface area (Å²) in [6.45, 7) is 6.58. The summed E-state index contributed by atoms with van der Waals surface area (Å²) >= 11 is 5.39. The number of hydrogen-bond acceptors (Lipinski definition) is 2. The third-order valence-corrected chi connectivity index (χ3v) is 5.13. The Labute approximate surface area is 91.5 Å². The molecule has 72 valence electrons. The molecule has 1 saturated carbocycles. The fourth-order valence-electron chi connectivity index (χ4n) is 1.83. The topological polar surface area (TPSA) is 26.0 Å². The molecule has 1 nitrogen and oxygen atoms in total. The van der Waals surface area contributed by atoms with E-state index in [0.717, 1.165) is 6.42 Å². The van der Waals surface area contributed by atoms with E-state index in [1.807, 2.05) is 11.3 Å². The highest BCUT2D eigenvalue weighted by molar-refractivity contribution is 9.10. The maximum atomic E-state index is 6.34. The van der Waals surface area contributed by atoms with Crippen LogP contribution in [0, 0.1) is 12.3 Å². The molecular formula is C10H14BrNS. The predicted molar refractivity (Wildman–Crippen MR) is 61.0 cm³/mol. The summed E-state index contributed by atoms with van der Waals surface area (Å²) in [5.74, 6) is 0. The van der Waals surface area contributed by atoms with Crippen LogP contribution in [0.2, 0.25) is 0 Å². The second-order valence-electron chi connectivity index (χ2n) is 4.57. The lowest BCUT2D eigenvalue weighted by Crippen LogP contribution is -2.24. The molecule has 2 N–H and O–H groups in total. The Morgan fingerprint density at radius 2 is 2.08 bits per heavy atom. The van der Waals surface area contributed by atoms with Gasteiger partial charge in [0.2, 0.25) is 0 Å². The van der Waals surface area contributed by atoms with Gasteiger partial charge < -0.3 is 5.73 Å². The third kappa shape index (κ3) is 1.29. The minimum Gasteiger partial charge on any atom is -0.320 e. The molecule has 1 fully saturated rings. The highest BCUT2D eigenvalue weighted by Crippen LogP contribution is 2.62. The molecule has 1 heterocycles. The first-order valence-electron chi connectivity index (χ1n) is 4.42. The van der Waals surface area contributed by atoms with Crippen LogP contribution in [0.25, 0.3) is 0 Å². The van der Waals surface area contributed by atoms with Gasteiger partial charge in [-0.1, -0.05) is 13.8 Å². The van der Waals surface area contributed by atoms with Crippen molar-refractivity contribution < 1.29 is 0 Å². The van der Waals surface area contributed by atoms with Gasteiger partial charge in [0.15, 0.2) is 0 Å². The lowest BCUT2D eigenvalue weighted by atomic mass is 10.0. The van der Waals surface area contributed by atoms with Crippen molar-refractivity contribution in [1.82, 2.24) is 0 Å². The van der Waals surface area contributed by atoms with E-state index < -0.39 is 0 Å². The summed E-state index contributed by atoms with van der Waals surface area (Å²) in [5, 5.41) is 0. The van der Waals surface area contributed by atoms with E-state index >= 15 is 0 Å². The molecule has 1 aromatic rings. The molecule has 0 spiro atoms. The average molecular weight is 260 g/mol. The van der Waals surface area contributed by atoms with Crippen LogP contribution in [0.5, 0.6) is 0 Å². The molecule has 1 unspecified atom stereocenters. The zero-order valence-electron chi connectivity index (χ0n) is 8.15. The van der Waals surface area contributed by atoms with E-state index in [2.05, 4.69) is 42.8 Å². The molecule has 0 amide bonds. The van der Waals surface area contributed by atoms with Gasteiger partial charge in [0.25, 0.3) is 0 Å². The molecular weight excluding hydrogens is 246 g/mol. The standard InChI is InChI=1S/C10H14BrNS/c1-6-4-7(11)8(13-6)10(12)5-9(10,2)3/h4H,5,12H2,1-3H3. The van der Waals surface area contributed by atoms with Gasteiger partial charge in [0, 0.05) is 14.2 Å². The number of rotatable bonds is 1. The molecule has 1 aliphatic rings. The Hall–Kier alpha value is 0.140. The van der Waals surface area contributed by atoms with E-state index in [9.17, 15) is 0 Å². The van der Waals surface area contributed by atoms with E-state index in [-0.39, 0.29) is 11.0 Å². The summed E-state index contributed by atoms with van der Waals surface area (Å²) in [6.07, 6.45) is 1.10. The van der Waals surface area contributed by atoms with Crippen LogP contribution in [-0.4, -0.2) is 0 Å². The Kier molecular flexibility index (Phi) is 1.93. The van der Waals surface area contributed by atoms with Crippen LogP contribution in [0.4, 0.5) is 0 Å². The molecule has 0 bridgehead atoms. The highest BCUT2D eigenvalue weighted by atomic mass is 79.9. The van der Waals surface area contributed by atoms with Crippen LogP contribution in [0.1, 0.15) is 30.0 Å². The molecule has 3 heteroatoms. The van der Waals surface area contributed by atoms with Gasteiger partial charge >= 0.3 is 0 Å². The number of nitrogens with two attached hydrogens (primary N) is 1. The van der Waals surface area contributed by atoms with Crippen molar-refractivity contribution in [3.8, 4) is 0 Å². The maximum Gasteiger partial charge on any atom is 0.0573 e. The van der Waals surface area contributed by atoms with E-state index in [1.165, 1.54) is 14.2 Å². The van der Waals surface area contributed by atoms with Gasteiger partial charge in [0.1, 0.15) is 0 Å². The van der Waals surface area contributed by atoms with Gasteiger partial charge in [0.05, 0.1) is 5.54 Å². The maximum absolute atomic E-state index is 6.34. The lowest BCUT2D eigenvalue weighted by Gasteiger charge is -2.13. The molecule has 1 aromatic heterocycles. The van der Waals surface area contributed by atoms with Gasteiger partial charge in [-0.2, -0.15) is 0 Å². The Balaban J connectivity index is 2.43. The monoisotopic (exact) mass is 259 g/mol. The van der Waals surface area contributed by atoms with E-state index in [1.54, 1.807) is 0 Å². The fraction of sp³-hybridized carbons (Fsp3) is 0.600. The van der Waals surface area contributed by atoms with Crippen LogP contribution in [-0.2, 0) is 5.54 Å². The first kappa shape index (κ1) is 9.69. The van der Waals surface area contributed by atoms with Gasteiger partial charge in [-0.15, -0.1) is 11.3 Å². The average Bonchev–Trinajstić information content (AvgIpc) is 2.34. The van der Waals surface area contributed by atoms with E-state index in [4.69, 9.17) is 5.73 Å². The lowest BCUT2D eigenvalue weighted by molar-refractivity contribution is 0.515. The summed E-state index contributed by atoms with van der Waals surface area (Å²) in [5.41, 5.74) is 6.53. The second kappa shape index (κ2) is 2.59. The smallest absolute Gasteiger partial charge is 0.0573 e. The Bertz CT molecular complexity index is 356. The van der Waals surface area contributed by atoms with Gasteiger partial charge in [-0.25, -0.2) is 0 Å². The van der Waals surface area contributed by atoms with Crippen molar-refractivity contribution in [2.75, 3.05) is 0 Å². The molecule has 13 heavy (non-hydrogen) atoms. The van der Waals surface area contributed by atoms with Crippen molar-refractivity contribution in [2.24, 2.45) is 11.1 Å². The van der Waals surface area contributed by atoms with Gasteiger partial charge in [-0.05, 0) is 40.8 Å². The van der Waals surface area contributed by atoms with Crippen LogP contribution in [0.15, 0.2) is 10.5 Å². The van der Waals surface area contributed by atoms with Crippen molar-refractivity contribution in [3.63, 3.8) is 0 Å². The zero-order chi connectivity index (χ0) is 9.85. The van der Waals surface area contributed by atoms with Crippen LogP contribution < -0.4 is 5.73 Å². The van der Waals surface area contributed by atoms with Crippen molar-refractivity contribution in [2.45, 2.75) is 32.7 Å². The minimum atomic E-state index is -0.0786. The summed E-state index contributed by atoms with van der Waals surface area (Å²) in [6, 6.07) is 2.16. The summed E-state index contributed by atoms with van der Waals surface area (Å²) in [7, 11) is 0. The minimum absolute atomic E-state index is 0.0786. The predicted octanol–water partition coefficient (Wildman–Crippen LogP) is 3.40. The summed E-state index contributed by atoms with van der Waals surface area (Å²) in [4.78, 5) is 2.64. The normalized spacial score (nSPS) is 30.5. The summed E-state index contributed by atoms with van der Waals surface area (Å²) < 4.78 is 1.18. The van der Waals surface area contributed by atoms with Gasteiger partial charge in [-0.3, -0.25) is 0 Å². The first-order valence-corrected chi connectivity index (χ1v) is 6.03. The molecule has 0 radical (unpaired) electrons. The zero-order valence-corrected chi connectivity index (χ0v) is 10.6. The quantitative estimate of drug-likeness (QED) is 0.822. The first-order chi connectivity index (χ1) is 5.87. The number of thiophene rings is 1. The van der Waals surface area contributed by atoms with E-state index in [0.29, 0.717) is 0 Å². The SMILES string of the molecule is Cc1cc(Br)c(C2(N)CC2(C)C)s1. The van der Waals surface area contributed by atoms with Crippen molar-refractivity contribution >= 4 is 27.3 Å². The third-order valence-electron chi connectivity index (χ3n) is 3.02. The second-order valence-corrected chi connectivity index (χ2v) is 6.68. The van der Waals surface area contributed by atoms with Crippen molar-refractivity contribution in [3.05, 3.63) is 20.3 Å². The Morgan fingerprint density at radius 1 is 1.54 bits per heavy atom. The number of aryl methyl sites for hydroxylation is 1. The molecule has 1 aliphatic carbocycles. The molecule has 2 rings (SSSR count). The molecule has 0 aliphatic heterocycles. The van der Waals surface area contributed by atoms with Crippen molar-refractivity contribution in [1.29, 1.82) is 0 Å². The molecule has 1 atom stereocenters. The number of hydrogen-bond donors (Lipinski definition) is 1. The highest BCUT2D eigenvalue weighted by Gasteiger charge is 2.60. The van der Waals surface area contributed by atoms with Crippen LogP contribution >= 0.6 is 27.3 Å². The van der Waals surface area contributed by atoms with Crippen LogP contribution in [0.3, 0.4) is 0 Å². The Morgan fingerprint density at radius 3 is 2.38 bits per heavy atom. The number of halogens is 1. The largest absolute Gasteiger partial charge is 0.320 e. The fourth-order valence-corrected chi connectivity index (χ4v) is 4.11. The molecule has 0 aromatic carbocycles.